The van der Waals surface area contributed by atoms with Crippen molar-refractivity contribution in [2.45, 2.75) is 35.1 Å². The van der Waals surface area contributed by atoms with Gasteiger partial charge in [-0.1, -0.05) is 6.92 Å². The molecule has 0 aliphatic carbocycles. The molecule has 2 aromatic rings. The molecule has 1 heterocycles. The van der Waals surface area contributed by atoms with E-state index in [1.165, 1.54) is 24.0 Å². The number of fused-ring (bicyclic) bond motifs is 1. The van der Waals surface area contributed by atoms with Gasteiger partial charge >= 0.3 is 6.18 Å². The Morgan fingerprint density at radius 3 is 2.39 bits per heavy atom. The van der Waals surface area contributed by atoms with Crippen molar-refractivity contribution >= 4 is 39.1 Å². The van der Waals surface area contributed by atoms with E-state index in [0.29, 0.717) is 12.2 Å². The number of halogens is 3. The highest BCUT2D eigenvalue weighted by atomic mass is 32.2. The largest absolute Gasteiger partial charge is 0.416 e. The monoisotopic (exact) mass is 430 g/mol. The van der Waals surface area contributed by atoms with Crippen LogP contribution in [0.15, 0.2) is 52.3 Å². The summed E-state index contributed by atoms with van der Waals surface area (Å²) < 4.78 is 65.5. The van der Waals surface area contributed by atoms with Crippen LogP contribution in [0.2, 0.25) is 0 Å². The highest BCUT2D eigenvalue weighted by Crippen LogP contribution is 2.40. The van der Waals surface area contributed by atoms with Crippen molar-refractivity contribution in [3.8, 4) is 0 Å². The van der Waals surface area contributed by atoms with E-state index in [0.717, 1.165) is 29.2 Å². The summed E-state index contributed by atoms with van der Waals surface area (Å²) in [6.07, 6.45) is -4.50. The lowest BCUT2D eigenvalue weighted by molar-refractivity contribution is -0.137. The number of hydrogen-bond acceptors (Lipinski definition) is 4. The molecular weight excluding hydrogens is 413 g/mol. The van der Waals surface area contributed by atoms with Crippen LogP contribution in [0.1, 0.15) is 19.4 Å². The number of carbonyl (C=O) groups excluding carboxylic acids is 1. The highest BCUT2D eigenvalue weighted by molar-refractivity contribution is 8.00. The first-order chi connectivity index (χ1) is 13.0. The van der Waals surface area contributed by atoms with Crippen molar-refractivity contribution in [3.63, 3.8) is 0 Å². The molecule has 1 aliphatic heterocycles. The quantitative estimate of drug-likeness (QED) is 0.786. The van der Waals surface area contributed by atoms with Gasteiger partial charge in [-0.2, -0.15) is 13.2 Å². The molecular formula is C18H17F3N2O3S2. The minimum Gasteiger partial charge on any atom is -0.310 e. The molecule has 150 valence electrons. The van der Waals surface area contributed by atoms with Crippen molar-refractivity contribution in [3.05, 3.63) is 48.0 Å². The maximum Gasteiger partial charge on any atom is 0.416 e. The molecule has 1 amide bonds. The van der Waals surface area contributed by atoms with E-state index in [9.17, 15) is 26.4 Å². The molecule has 1 atom stereocenters. The second kappa shape index (κ2) is 7.32. The van der Waals surface area contributed by atoms with Crippen molar-refractivity contribution in [2.24, 2.45) is 0 Å². The molecule has 1 aliphatic rings. The summed E-state index contributed by atoms with van der Waals surface area (Å²) in [5, 5.41) is 0.170. The van der Waals surface area contributed by atoms with Crippen LogP contribution >= 0.6 is 11.8 Å². The maximum atomic E-state index is 12.7. The molecule has 0 spiro atoms. The maximum absolute atomic E-state index is 12.7. The van der Waals surface area contributed by atoms with E-state index in [1.54, 1.807) is 17.8 Å². The predicted octanol–water partition coefficient (Wildman–Crippen LogP) is 4.35. The number of carbonyl (C=O) groups is 1. The van der Waals surface area contributed by atoms with Crippen LogP contribution in [0.5, 0.6) is 0 Å². The lowest BCUT2D eigenvalue weighted by Gasteiger charge is -2.32. The second-order valence-electron chi connectivity index (χ2n) is 6.37. The molecule has 0 aromatic heterocycles. The van der Waals surface area contributed by atoms with Crippen LogP contribution in [0, 0.1) is 0 Å². The van der Waals surface area contributed by atoms with Crippen molar-refractivity contribution < 1.29 is 26.4 Å². The number of nitrogens with one attached hydrogen (secondary N) is 1. The third kappa shape index (κ3) is 4.27. The Bertz CT molecular complexity index is 1010. The average molecular weight is 430 g/mol. The van der Waals surface area contributed by atoms with E-state index >= 15 is 0 Å². The lowest BCUT2D eigenvalue weighted by atomic mass is 10.2. The Labute approximate surface area is 165 Å². The van der Waals surface area contributed by atoms with Crippen LogP contribution in [0.4, 0.5) is 24.5 Å². The van der Waals surface area contributed by atoms with Gasteiger partial charge in [0.2, 0.25) is 5.91 Å². The van der Waals surface area contributed by atoms with Gasteiger partial charge in [-0.25, -0.2) is 8.42 Å². The molecule has 1 N–H and O–H groups in total. The first-order valence-electron chi connectivity index (χ1n) is 8.26. The molecule has 28 heavy (non-hydrogen) atoms. The topological polar surface area (TPSA) is 66.5 Å². The summed E-state index contributed by atoms with van der Waals surface area (Å²) in [4.78, 5) is 14.2. The standard InChI is InChI=1S/C18H17F3N2O3S2/c1-11-10-23(12(2)24)16-9-15(7-8-17(16)27-11)28(25,26)22-14-5-3-13(4-6-14)18(19,20)21/h3-9,11,22H,10H2,1-2H3. The zero-order valence-corrected chi connectivity index (χ0v) is 16.6. The van der Waals surface area contributed by atoms with Crippen LogP contribution in [0.25, 0.3) is 0 Å². The number of anilines is 2. The summed E-state index contributed by atoms with van der Waals surface area (Å²) in [6, 6.07) is 8.17. The van der Waals surface area contributed by atoms with Gasteiger partial charge in [0.05, 0.1) is 16.1 Å². The van der Waals surface area contributed by atoms with Gasteiger partial charge in [0.25, 0.3) is 10.0 Å². The smallest absolute Gasteiger partial charge is 0.310 e. The molecule has 10 heteroatoms. The van der Waals surface area contributed by atoms with Gasteiger partial charge in [0, 0.05) is 29.3 Å². The number of sulfonamides is 1. The molecule has 0 saturated carbocycles. The van der Waals surface area contributed by atoms with Gasteiger partial charge in [0.1, 0.15) is 0 Å². The van der Waals surface area contributed by atoms with Gasteiger partial charge in [-0.05, 0) is 42.5 Å². The van der Waals surface area contributed by atoms with E-state index in [2.05, 4.69) is 4.72 Å². The zero-order valence-electron chi connectivity index (χ0n) is 14.9. The minimum atomic E-state index is -4.50. The number of nitrogens with zero attached hydrogens (tertiary/aromatic N) is 1. The van der Waals surface area contributed by atoms with Gasteiger partial charge in [-0.3, -0.25) is 9.52 Å². The molecule has 0 radical (unpaired) electrons. The van der Waals surface area contributed by atoms with Crippen molar-refractivity contribution in [1.82, 2.24) is 0 Å². The molecule has 5 nitrogen and oxygen atoms in total. The number of hydrogen-bond donors (Lipinski definition) is 1. The van der Waals surface area contributed by atoms with Gasteiger partial charge in [0.15, 0.2) is 0 Å². The predicted molar refractivity (Wildman–Crippen MR) is 102 cm³/mol. The normalized spacial score (nSPS) is 17.2. The van der Waals surface area contributed by atoms with E-state index in [-0.39, 0.29) is 21.7 Å². The number of thioether (sulfide) groups is 1. The summed E-state index contributed by atoms with van der Waals surface area (Å²) in [5.41, 5.74) is -0.351. The van der Waals surface area contributed by atoms with Crippen molar-refractivity contribution in [2.75, 3.05) is 16.2 Å². The Morgan fingerprint density at radius 2 is 1.82 bits per heavy atom. The summed E-state index contributed by atoms with van der Waals surface area (Å²) in [6.45, 7) is 3.84. The summed E-state index contributed by atoms with van der Waals surface area (Å²) >= 11 is 1.54. The van der Waals surface area contributed by atoms with Crippen molar-refractivity contribution in [1.29, 1.82) is 0 Å². The molecule has 2 aromatic carbocycles. The fourth-order valence-electron chi connectivity index (χ4n) is 2.82. The molecule has 3 rings (SSSR count). The SMILES string of the molecule is CC(=O)N1CC(C)Sc2ccc(S(=O)(=O)Nc3ccc(C(F)(F)F)cc3)cc21. The molecule has 1 unspecified atom stereocenters. The third-order valence-electron chi connectivity index (χ3n) is 4.14. The lowest BCUT2D eigenvalue weighted by Crippen LogP contribution is -2.37. The number of benzene rings is 2. The second-order valence-corrected chi connectivity index (χ2v) is 9.53. The van der Waals surface area contributed by atoms with Gasteiger partial charge in [-0.15, -0.1) is 11.8 Å². The summed E-state index contributed by atoms with van der Waals surface area (Å²) in [7, 11) is -4.04. The molecule has 0 bridgehead atoms. The van der Waals surface area contributed by atoms with Crippen LogP contribution in [-0.4, -0.2) is 26.1 Å². The van der Waals surface area contributed by atoms with E-state index < -0.39 is 21.8 Å². The Balaban J connectivity index is 1.90. The molecule has 0 saturated heterocycles. The van der Waals surface area contributed by atoms with Gasteiger partial charge < -0.3 is 4.90 Å². The number of amides is 1. The Morgan fingerprint density at radius 1 is 1.18 bits per heavy atom. The van der Waals surface area contributed by atoms with Crippen LogP contribution in [0.3, 0.4) is 0 Å². The third-order valence-corrected chi connectivity index (χ3v) is 6.67. The zero-order chi connectivity index (χ0) is 20.7. The Hall–Kier alpha value is -2.20. The Kier molecular flexibility index (Phi) is 5.37. The minimum absolute atomic E-state index is 0.0112. The van der Waals surface area contributed by atoms with E-state index in [4.69, 9.17) is 0 Å². The first kappa shape index (κ1) is 20.5. The fourth-order valence-corrected chi connectivity index (χ4v) is 5.00. The van der Waals surface area contributed by atoms with Crippen LogP contribution in [-0.2, 0) is 21.0 Å². The highest BCUT2D eigenvalue weighted by Gasteiger charge is 2.30. The fraction of sp³-hybridized carbons (Fsp3) is 0.278. The van der Waals surface area contributed by atoms with Crippen LogP contribution < -0.4 is 9.62 Å². The van der Waals surface area contributed by atoms with E-state index in [1.807, 2.05) is 6.92 Å². The first-order valence-corrected chi connectivity index (χ1v) is 10.6. The number of rotatable bonds is 3. The number of alkyl halides is 3. The molecule has 0 fully saturated rings. The summed E-state index contributed by atoms with van der Waals surface area (Å²) in [5.74, 6) is -0.196. The average Bonchev–Trinajstić information content (AvgIpc) is 2.59.